The fourth-order valence-corrected chi connectivity index (χ4v) is 1.67. The van der Waals surface area contributed by atoms with Crippen molar-refractivity contribution >= 4 is 11.5 Å². The molecule has 0 saturated carbocycles. The van der Waals surface area contributed by atoms with Crippen molar-refractivity contribution in [1.82, 2.24) is 0 Å². The third kappa shape index (κ3) is 4.10. The number of ether oxygens (including phenoxy) is 1. The van der Waals surface area contributed by atoms with E-state index in [9.17, 15) is 9.90 Å². The van der Waals surface area contributed by atoms with Crippen molar-refractivity contribution in [1.29, 1.82) is 0 Å². The molecule has 0 aliphatic heterocycles. The van der Waals surface area contributed by atoms with Gasteiger partial charge in [0, 0.05) is 5.56 Å². The number of rotatable bonds is 4. The fraction of sp³-hybridized carbons (Fsp3) is 0.0625. The summed E-state index contributed by atoms with van der Waals surface area (Å²) >= 11 is 0. The summed E-state index contributed by atoms with van der Waals surface area (Å²) in [7, 11) is 1.58. The van der Waals surface area contributed by atoms with Gasteiger partial charge in [-0.2, -0.15) is 0 Å². The maximum Gasteiger partial charge on any atom is 5.00 e. The molecule has 0 bridgehead atoms. The smallest absolute Gasteiger partial charge is 0.507 e. The molecule has 0 amide bonds. The van der Waals surface area contributed by atoms with Crippen molar-refractivity contribution in [3.05, 3.63) is 71.8 Å². The van der Waals surface area contributed by atoms with Gasteiger partial charge in [0.1, 0.15) is 11.5 Å². The third-order valence-electron chi connectivity index (χ3n) is 2.73. The van der Waals surface area contributed by atoms with Crippen LogP contribution in [0.25, 0.3) is 5.76 Å². The molecule has 0 fully saturated rings. The molecular formula is C16H15O3Ta+6. The van der Waals surface area contributed by atoms with Crippen LogP contribution < -0.4 is 4.74 Å². The van der Waals surface area contributed by atoms with Crippen molar-refractivity contribution in [2.24, 2.45) is 0 Å². The maximum atomic E-state index is 9.96. The zero-order valence-electron chi connectivity index (χ0n) is 11.0. The first-order valence-corrected chi connectivity index (χ1v) is 5.87. The Balaban J connectivity index is 0.00000200. The van der Waals surface area contributed by atoms with E-state index in [1.165, 1.54) is 6.08 Å². The molecule has 2 rings (SSSR count). The van der Waals surface area contributed by atoms with E-state index in [2.05, 4.69) is 0 Å². The summed E-state index contributed by atoms with van der Waals surface area (Å²) in [6.45, 7) is 0. The molecule has 0 spiro atoms. The Labute approximate surface area is 133 Å². The normalized spacial score (nSPS) is 10.6. The first kappa shape index (κ1) is 16.2. The van der Waals surface area contributed by atoms with Gasteiger partial charge in [-0.1, -0.05) is 18.2 Å². The van der Waals surface area contributed by atoms with E-state index in [0.29, 0.717) is 16.9 Å². The molecule has 0 saturated heterocycles. The van der Waals surface area contributed by atoms with Crippen LogP contribution in [0.1, 0.15) is 11.1 Å². The molecule has 0 atom stereocenters. The number of allylic oxidation sites excluding steroid dienone is 1. The quantitative estimate of drug-likeness (QED) is 0.347. The minimum absolute atomic E-state index is 0. The van der Waals surface area contributed by atoms with Crippen molar-refractivity contribution < 1.29 is 37.0 Å². The van der Waals surface area contributed by atoms with Crippen LogP contribution in [-0.4, -0.2) is 22.8 Å². The number of methoxy groups -OCH3 is 1. The average Bonchev–Trinajstić information content (AvgIpc) is 2.48. The van der Waals surface area contributed by atoms with Crippen LogP contribution in [0.2, 0.25) is 0 Å². The molecule has 2 aromatic carbocycles. The van der Waals surface area contributed by atoms with E-state index < -0.39 is 0 Å². The summed E-state index contributed by atoms with van der Waals surface area (Å²) in [4.78, 5) is 9.91. The number of hydrogen-bond acceptors (Lipinski definition) is 2. The van der Waals surface area contributed by atoms with Gasteiger partial charge in [0.15, 0.2) is 0 Å². The minimum Gasteiger partial charge on any atom is -0.507 e. The molecule has 3 nitrogen and oxygen atoms in total. The zero-order chi connectivity index (χ0) is 13.7. The Hall–Kier alpha value is -1.81. The molecule has 0 heterocycles. The first-order valence-electron chi connectivity index (χ1n) is 5.87. The van der Waals surface area contributed by atoms with Gasteiger partial charge in [0.2, 0.25) is 0 Å². The summed E-state index contributed by atoms with van der Waals surface area (Å²) in [5.41, 5.74) is 1.27. The molecule has 20 heavy (non-hydrogen) atoms. The van der Waals surface area contributed by atoms with Gasteiger partial charge >= 0.3 is 28.2 Å². The molecule has 4 heteroatoms. The Morgan fingerprint density at radius 1 is 1.00 bits per heavy atom. The predicted molar refractivity (Wildman–Crippen MR) is 76.1 cm³/mol. The van der Waals surface area contributed by atoms with Crippen LogP contribution >= 0.6 is 0 Å². The standard InChI is InChI=1S/C16H14O3.Ta/c1-19-14-9-7-13(8-10-14)16(18)11-15(17)12-5-3-2-4-6-12;/h2-11,18H,1H3;/q;+5/p+1/b16-11-;. The van der Waals surface area contributed by atoms with Crippen molar-refractivity contribution in [3.63, 3.8) is 0 Å². The molecule has 0 aliphatic carbocycles. The van der Waals surface area contributed by atoms with Crippen LogP contribution in [0.5, 0.6) is 5.75 Å². The zero-order valence-corrected chi connectivity index (χ0v) is 14.2. The van der Waals surface area contributed by atoms with Gasteiger partial charge in [0.05, 0.1) is 18.7 Å². The van der Waals surface area contributed by atoms with Gasteiger partial charge in [-0.15, -0.1) is 0 Å². The summed E-state index contributed by atoms with van der Waals surface area (Å²) < 4.78 is 5.04. The second-order valence-electron chi connectivity index (χ2n) is 4.01. The number of hydrogen-bond donors (Lipinski definition) is 1. The number of aliphatic hydroxyl groups is 1. The molecule has 2 N–H and O–H groups in total. The molecule has 0 radical (unpaired) electrons. The monoisotopic (exact) mass is 436 g/mol. The van der Waals surface area contributed by atoms with E-state index in [-0.39, 0.29) is 33.9 Å². The van der Waals surface area contributed by atoms with Crippen LogP contribution in [0.3, 0.4) is 0 Å². The molecule has 96 valence electrons. The maximum absolute atomic E-state index is 9.96. The molecule has 0 aromatic heterocycles. The number of ketones is 1. The fourth-order valence-electron chi connectivity index (χ4n) is 1.67. The van der Waals surface area contributed by atoms with Crippen molar-refractivity contribution in [2.45, 2.75) is 0 Å². The Morgan fingerprint density at radius 3 is 2.15 bits per heavy atom. The van der Waals surface area contributed by atoms with E-state index in [4.69, 9.17) is 4.74 Å². The van der Waals surface area contributed by atoms with E-state index in [1.54, 1.807) is 43.5 Å². The summed E-state index contributed by atoms with van der Waals surface area (Å²) in [6.07, 6.45) is 1.33. The van der Waals surface area contributed by atoms with Crippen LogP contribution in [0.4, 0.5) is 0 Å². The second kappa shape index (κ2) is 7.70. The van der Waals surface area contributed by atoms with E-state index in [0.717, 1.165) is 0 Å². The Morgan fingerprint density at radius 2 is 1.60 bits per heavy atom. The van der Waals surface area contributed by atoms with E-state index in [1.807, 2.05) is 18.2 Å². The topological polar surface area (TPSA) is 50.9 Å². The Bertz CT molecular complexity index is 589. The van der Waals surface area contributed by atoms with E-state index >= 15 is 0 Å². The molecule has 0 aliphatic rings. The van der Waals surface area contributed by atoms with Gasteiger partial charge in [-0.05, 0) is 36.4 Å². The Kier molecular flexibility index (Phi) is 6.25. The van der Waals surface area contributed by atoms with Crippen LogP contribution in [0, 0.1) is 0 Å². The van der Waals surface area contributed by atoms with Gasteiger partial charge in [-0.3, -0.25) is 4.79 Å². The largest absolute Gasteiger partial charge is 5.00 e. The van der Waals surface area contributed by atoms with Crippen molar-refractivity contribution in [3.8, 4) is 5.75 Å². The average molecular weight is 436 g/mol. The van der Waals surface area contributed by atoms with Crippen molar-refractivity contribution in [2.75, 3.05) is 7.11 Å². The SMILES string of the molecule is COc1ccc(/C(O)=C/C(=[OH+])c2ccccc2)cc1.[Ta+5]. The molecular weight excluding hydrogens is 421 g/mol. The number of benzene rings is 2. The predicted octanol–water partition coefficient (Wildman–Crippen LogP) is 3.18. The van der Waals surface area contributed by atoms with Gasteiger partial charge < -0.3 is 9.84 Å². The number of aliphatic hydroxyl groups excluding tert-OH is 1. The summed E-state index contributed by atoms with van der Waals surface area (Å²) in [6, 6.07) is 16.0. The molecule has 2 aromatic rings. The first-order chi connectivity index (χ1) is 9.20. The van der Waals surface area contributed by atoms with Gasteiger partial charge in [0.25, 0.3) is 0 Å². The third-order valence-corrected chi connectivity index (χ3v) is 2.73. The summed E-state index contributed by atoms with van der Waals surface area (Å²) in [5.74, 6) is 0.741. The second-order valence-corrected chi connectivity index (χ2v) is 4.01. The van der Waals surface area contributed by atoms with Crippen LogP contribution in [0.15, 0.2) is 60.7 Å². The number of carbonyl (C=O) groups excluding carboxylic acids is 1. The van der Waals surface area contributed by atoms with Gasteiger partial charge in [-0.25, -0.2) is 0 Å². The molecule has 0 unspecified atom stereocenters. The minimum atomic E-state index is 0. The van der Waals surface area contributed by atoms with Crippen LogP contribution in [-0.2, 0) is 22.4 Å². The summed E-state index contributed by atoms with van der Waals surface area (Å²) in [5, 5.41) is 9.96.